The molecule has 3 nitrogen and oxygen atoms in total. The first-order chi connectivity index (χ1) is 8.49. The third-order valence-electron chi connectivity index (χ3n) is 3.57. The molecule has 0 aliphatic carbocycles. The van der Waals surface area contributed by atoms with Crippen molar-refractivity contribution < 1.29 is 9.53 Å². The Morgan fingerprint density at radius 1 is 1.22 bits per heavy atom. The Hall–Kier alpha value is -0.570. The third-order valence-corrected chi connectivity index (χ3v) is 3.57. The van der Waals surface area contributed by atoms with Crippen LogP contribution in [-0.2, 0) is 9.53 Å². The van der Waals surface area contributed by atoms with E-state index in [9.17, 15) is 4.79 Å². The van der Waals surface area contributed by atoms with E-state index in [2.05, 4.69) is 27.7 Å². The minimum absolute atomic E-state index is 0.315. The second-order valence-electron chi connectivity index (χ2n) is 6.14. The van der Waals surface area contributed by atoms with Gasteiger partial charge in [-0.15, -0.1) is 0 Å². The van der Waals surface area contributed by atoms with Gasteiger partial charge in [0, 0.05) is 26.1 Å². The van der Waals surface area contributed by atoms with Gasteiger partial charge in [-0.1, -0.05) is 13.8 Å². The lowest BCUT2D eigenvalue weighted by Gasteiger charge is -2.32. The number of ether oxygens (including phenoxy) is 1. The SMILES string of the molecule is CC(C)CCC(=O)N1CCC(COC(C)C)CC1. The van der Waals surface area contributed by atoms with Crippen LogP contribution in [0.5, 0.6) is 0 Å². The topological polar surface area (TPSA) is 29.5 Å². The quantitative estimate of drug-likeness (QED) is 0.730. The van der Waals surface area contributed by atoms with Crippen molar-refractivity contribution in [2.75, 3.05) is 19.7 Å². The molecule has 0 atom stereocenters. The molecule has 0 spiro atoms. The zero-order valence-corrected chi connectivity index (χ0v) is 12.4. The van der Waals surface area contributed by atoms with Gasteiger partial charge < -0.3 is 9.64 Å². The number of carbonyl (C=O) groups is 1. The van der Waals surface area contributed by atoms with Crippen molar-refractivity contribution in [3.63, 3.8) is 0 Å². The van der Waals surface area contributed by atoms with Crippen LogP contribution in [0.3, 0.4) is 0 Å². The number of nitrogens with zero attached hydrogens (tertiary/aromatic N) is 1. The summed E-state index contributed by atoms with van der Waals surface area (Å²) in [7, 11) is 0. The Morgan fingerprint density at radius 2 is 1.83 bits per heavy atom. The van der Waals surface area contributed by atoms with Crippen molar-refractivity contribution in [2.45, 2.75) is 59.5 Å². The monoisotopic (exact) mass is 255 g/mol. The minimum Gasteiger partial charge on any atom is -0.379 e. The molecular weight excluding hydrogens is 226 g/mol. The molecule has 0 bridgehead atoms. The first-order valence-electron chi connectivity index (χ1n) is 7.38. The predicted molar refractivity (Wildman–Crippen MR) is 74.5 cm³/mol. The average molecular weight is 255 g/mol. The van der Waals surface area contributed by atoms with Crippen LogP contribution in [0.1, 0.15) is 53.4 Å². The standard InChI is InChI=1S/C15H29NO2/c1-12(2)5-6-15(17)16-9-7-14(8-10-16)11-18-13(3)4/h12-14H,5-11H2,1-4H3. The smallest absolute Gasteiger partial charge is 0.222 e. The second-order valence-corrected chi connectivity index (χ2v) is 6.14. The van der Waals surface area contributed by atoms with Gasteiger partial charge in [0.15, 0.2) is 0 Å². The van der Waals surface area contributed by atoms with Crippen LogP contribution in [0.25, 0.3) is 0 Å². The number of hydrogen-bond donors (Lipinski definition) is 0. The molecule has 106 valence electrons. The van der Waals surface area contributed by atoms with E-state index in [-0.39, 0.29) is 0 Å². The van der Waals surface area contributed by atoms with Gasteiger partial charge in [0.1, 0.15) is 0 Å². The van der Waals surface area contributed by atoms with Crippen molar-refractivity contribution in [3.8, 4) is 0 Å². The number of hydrogen-bond acceptors (Lipinski definition) is 2. The summed E-state index contributed by atoms with van der Waals surface area (Å²) < 4.78 is 5.65. The van der Waals surface area contributed by atoms with Gasteiger partial charge in [0.25, 0.3) is 0 Å². The minimum atomic E-state index is 0.315. The van der Waals surface area contributed by atoms with E-state index >= 15 is 0 Å². The van der Waals surface area contributed by atoms with Crippen LogP contribution in [0.15, 0.2) is 0 Å². The van der Waals surface area contributed by atoms with Crippen molar-refractivity contribution >= 4 is 5.91 Å². The van der Waals surface area contributed by atoms with Gasteiger partial charge in [-0.25, -0.2) is 0 Å². The van der Waals surface area contributed by atoms with Crippen LogP contribution < -0.4 is 0 Å². The van der Waals surface area contributed by atoms with E-state index in [0.29, 0.717) is 30.3 Å². The second kappa shape index (κ2) is 7.78. The molecule has 3 heteroatoms. The molecule has 1 rings (SSSR count). The normalized spacial score (nSPS) is 17.8. The summed E-state index contributed by atoms with van der Waals surface area (Å²) >= 11 is 0. The highest BCUT2D eigenvalue weighted by Crippen LogP contribution is 2.19. The van der Waals surface area contributed by atoms with Gasteiger partial charge in [0.2, 0.25) is 5.91 Å². The van der Waals surface area contributed by atoms with Gasteiger partial charge in [-0.3, -0.25) is 4.79 Å². The molecule has 0 aromatic rings. The number of rotatable bonds is 6. The van der Waals surface area contributed by atoms with Gasteiger partial charge >= 0.3 is 0 Å². The lowest BCUT2D eigenvalue weighted by Crippen LogP contribution is -2.39. The highest BCUT2D eigenvalue weighted by atomic mass is 16.5. The zero-order valence-electron chi connectivity index (χ0n) is 12.4. The first kappa shape index (κ1) is 15.5. The molecule has 1 amide bonds. The molecule has 0 aromatic carbocycles. The Balaban J connectivity index is 2.20. The summed E-state index contributed by atoms with van der Waals surface area (Å²) in [5.41, 5.74) is 0. The van der Waals surface area contributed by atoms with Crippen LogP contribution in [0.4, 0.5) is 0 Å². The van der Waals surface area contributed by atoms with Crippen molar-refractivity contribution in [1.29, 1.82) is 0 Å². The molecule has 0 radical (unpaired) electrons. The Labute approximate surface area is 112 Å². The summed E-state index contributed by atoms with van der Waals surface area (Å²) in [5, 5.41) is 0. The van der Waals surface area contributed by atoms with Gasteiger partial charge in [0.05, 0.1) is 6.10 Å². The summed E-state index contributed by atoms with van der Waals surface area (Å²) in [6.07, 6.45) is 4.23. The number of amides is 1. The van der Waals surface area contributed by atoms with Gasteiger partial charge in [-0.05, 0) is 44.9 Å². The lowest BCUT2D eigenvalue weighted by molar-refractivity contribution is -0.133. The number of likely N-dealkylation sites (tertiary alicyclic amines) is 1. The molecule has 0 aromatic heterocycles. The fourth-order valence-corrected chi connectivity index (χ4v) is 2.25. The fourth-order valence-electron chi connectivity index (χ4n) is 2.25. The summed E-state index contributed by atoms with van der Waals surface area (Å²) in [6, 6.07) is 0. The highest BCUT2D eigenvalue weighted by molar-refractivity contribution is 5.76. The molecule has 18 heavy (non-hydrogen) atoms. The molecule has 1 aliphatic rings. The lowest BCUT2D eigenvalue weighted by atomic mass is 9.97. The van der Waals surface area contributed by atoms with Crippen LogP contribution in [-0.4, -0.2) is 36.6 Å². The molecule has 1 saturated heterocycles. The maximum atomic E-state index is 12.0. The molecule has 1 aliphatic heterocycles. The summed E-state index contributed by atoms with van der Waals surface area (Å²) in [4.78, 5) is 14.0. The first-order valence-corrected chi connectivity index (χ1v) is 7.38. The Bertz CT molecular complexity index is 243. The average Bonchev–Trinajstić information content (AvgIpc) is 2.34. The number of carbonyl (C=O) groups excluding carboxylic acids is 1. The fraction of sp³-hybridized carbons (Fsp3) is 0.933. The summed E-state index contributed by atoms with van der Waals surface area (Å²) in [5.74, 6) is 1.60. The Morgan fingerprint density at radius 3 is 2.33 bits per heavy atom. The van der Waals surface area contributed by atoms with E-state index in [4.69, 9.17) is 4.74 Å². The predicted octanol–water partition coefficient (Wildman–Crippen LogP) is 3.09. The third kappa shape index (κ3) is 5.85. The van der Waals surface area contributed by atoms with E-state index in [0.717, 1.165) is 39.0 Å². The van der Waals surface area contributed by atoms with E-state index in [1.54, 1.807) is 0 Å². The zero-order chi connectivity index (χ0) is 13.5. The van der Waals surface area contributed by atoms with Crippen LogP contribution in [0, 0.1) is 11.8 Å². The molecular formula is C15H29NO2. The molecule has 1 fully saturated rings. The molecule has 0 unspecified atom stereocenters. The molecule has 1 heterocycles. The van der Waals surface area contributed by atoms with Crippen LogP contribution in [0.2, 0.25) is 0 Å². The van der Waals surface area contributed by atoms with Crippen molar-refractivity contribution in [2.24, 2.45) is 11.8 Å². The molecule has 0 N–H and O–H groups in total. The van der Waals surface area contributed by atoms with Crippen LogP contribution >= 0.6 is 0 Å². The van der Waals surface area contributed by atoms with E-state index in [1.165, 1.54) is 0 Å². The maximum Gasteiger partial charge on any atom is 0.222 e. The van der Waals surface area contributed by atoms with E-state index < -0.39 is 0 Å². The van der Waals surface area contributed by atoms with Gasteiger partial charge in [-0.2, -0.15) is 0 Å². The largest absolute Gasteiger partial charge is 0.379 e. The molecule has 0 saturated carbocycles. The van der Waals surface area contributed by atoms with E-state index in [1.807, 2.05) is 4.90 Å². The summed E-state index contributed by atoms with van der Waals surface area (Å²) in [6.45, 7) is 11.2. The number of piperidine rings is 1. The van der Waals surface area contributed by atoms with Crippen molar-refractivity contribution in [1.82, 2.24) is 4.90 Å². The van der Waals surface area contributed by atoms with Crippen molar-refractivity contribution in [3.05, 3.63) is 0 Å². The maximum absolute atomic E-state index is 12.0. The Kier molecular flexibility index (Phi) is 6.69. The highest BCUT2D eigenvalue weighted by Gasteiger charge is 2.22.